The first-order valence-electron chi connectivity index (χ1n) is 6.43. The fourth-order valence-electron chi connectivity index (χ4n) is 2.15. The molecule has 0 spiro atoms. The molecule has 0 radical (unpaired) electrons. The molecule has 0 aliphatic carbocycles. The predicted octanol–water partition coefficient (Wildman–Crippen LogP) is 3.58. The Morgan fingerprint density at radius 1 is 1.09 bits per heavy atom. The van der Waals surface area contributed by atoms with Gasteiger partial charge in [0.1, 0.15) is 11.5 Å². The first kappa shape index (κ1) is 14.3. The fourth-order valence-corrected chi connectivity index (χ4v) is 2.33. The van der Waals surface area contributed by atoms with Crippen molar-refractivity contribution >= 4 is 35.3 Å². The van der Waals surface area contributed by atoms with Crippen LogP contribution in [-0.2, 0) is 4.79 Å². The number of hydrogen-bond acceptors (Lipinski definition) is 2. The standard InChI is InChI=1S/C16H10ClFN2O2/c17-11-4-2-6-13(9-11)20-15(21)14(19-16(20)22)8-10-3-1-5-12(18)7-10/h1-9H,(H,19,22). The number of nitrogens with zero attached hydrogens (tertiary/aromatic N) is 1. The van der Waals surface area contributed by atoms with Gasteiger partial charge in [-0.2, -0.15) is 0 Å². The number of anilines is 1. The third-order valence-electron chi connectivity index (χ3n) is 3.10. The molecule has 3 amide bonds. The van der Waals surface area contributed by atoms with Crippen molar-refractivity contribution in [3.05, 3.63) is 70.6 Å². The van der Waals surface area contributed by atoms with Gasteiger partial charge in [0, 0.05) is 5.02 Å². The molecule has 0 unspecified atom stereocenters. The second-order valence-electron chi connectivity index (χ2n) is 4.66. The summed E-state index contributed by atoms with van der Waals surface area (Å²) >= 11 is 5.88. The number of urea groups is 1. The number of hydrogen-bond donors (Lipinski definition) is 1. The summed E-state index contributed by atoms with van der Waals surface area (Å²) in [4.78, 5) is 25.3. The molecule has 1 heterocycles. The van der Waals surface area contributed by atoms with Crippen LogP contribution in [0.4, 0.5) is 14.9 Å². The molecule has 0 saturated carbocycles. The smallest absolute Gasteiger partial charge is 0.302 e. The van der Waals surface area contributed by atoms with Crippen molar-refractivity contribution in [1.82, 2.24) is 5.32 Å². The Kier molecular flexibility index (Phi) is 3.65. The number of nitrogens with one attached hydrogen (secondary N) is 1. The maximum absolute atomic E-state index is 13.2. The molecule has 1 aliphatic rings. The maximum atomic E-state index is 13.2. The van der Waals surface area contributed by atoms with Gasteiger partial charge in [0.2, 0.25) is 0 Å². The lowest BCUT2D eigenvalue weighted by atomic mass is 10.2. The number of carbonyl (C=O) groups excluding carboxylic acids is 2. The van der Waals surface area contributed by atoms with E-state index in [2.05, 4.69) is 5.32 Å². The van der Waals surface area contributed by atoms with E-state index in [-0.39, 0.29) is 5.70 Å². The molecule has 1 fully saturated rings. The van der Waals surface area contributed by atoms with Gasteiger partial charge in [-0.05, 0) is 42.0 Å². The zero-order valence-electron chi connectivity index (χ0n) is 11.2. The van der Waals surface area contributed by atoms with Gasteiger partial charge in [0.15, 0.2) is 0 Å². The van der Waals surface area contributed by atoms with Gasteiger partial charge >= 0.3 is 6.03 Å². The van der Waals surface area contributed by atoms with Crippen molar-refractivity contribution in [1.29, 1.82) is 0 Å². The van der Waals surface area contributed by atoms with Crippen LogP contribution in [-0.4, -0.2) is 11.9 Å². The first-order chi connectivity index (χ1) is 10.5. The topological polar surface area (TPSA) is 49.4 Å². The average molecular weight is 317 g/mol. The fraction of sp³-hybridized carbons (Fsp3) is 0. The summed E-state index contributed by atoms with van der Waals surface area (Å²) in [6.45, 7) is 0. The van der Waals surface area contributed by atoms with Crippen LogP contribution in [0.2, 0.25) is 5.02 Å². The van der Waals surface area contributed by atoms with E-state index in [9.17, 15) is 14.0 Å². The van der Waals surface area contributed by atoms with E-state index in [1.165, 1.54) is 30.3 Å². The molecule has 4 nitrogen and oxygen atoms in total. The molecule has 2 aromatic carbocycles. The number of carbonyl (C=O) groups is 2. The Morgan fingerprint density at radius 3 is 2.59 bits per heavy atom. The molecular weight excluding hydrogens is 307 g/mol. The Labute approximate surface area is 130 Å². The number of halogens is 2. The number of benzene rings is 2. The van der Waals surface area contributed by atoms with Crippen molar-refractivity contribution in [2.45, 2.75) is 0 Å². The van der Waals surface area contributed by atoms with Crippen LogP contribution < -0.4 is 10.2 Å². The molecular formula is C16H10ClFN2O2. The third-order valence-corrected chi connectivity index (χ3v) is 3.34. The number of imide groups is 1. The van der Waals surface area contributed by atoms with Crippen molar-refractivity contribution in [2.75, 3.05) is 4.90 Å². The zero-order valence-corrected chi connectivity index (χ0v) is 12.0. The minimum Gasteiger partial charge on any atom is -0.302 e. The van der Waals surface area contributed by atoms with Gasteiger partial charge in [-0.15, -0.1) is 0 Å². The van der Waals surface area contributed by atoms with Crippen LogP contribution in [0, 0.1) is 5.82 Å². The van der Waals surface area contributed by atoms with Crippen molar-refractivity contribution in [2.24, 2.45) is 0 Å². The van der Waals surface area contributed by atoms with Crippen molar-refractivity contribution in [3.8, 4) is 0 Å². The highest BCUT2D eigenvalue weighted by Crippen LogP contribution is 2.24. The maximum Gasteiger partial charge on any atom is 0.333 e. The quantitative estimate of drug-likeness (QED) is 0.680. The molecule has 1 N–H and O–H groups in total. The van der Waals surface area contributed by atoms with Crippen LogP contribution >= 0.6 is 11.6 Å². The Balaban J connectivity index is 1.95. The molecule has 0 atom stereocenters. The molecule has 1 saturated heterocycles. The van der Waals surface area contributed by atoms with Gasteiger partial charge < -0.3 is 5.32 Å². The Hall–Kier alpha value is -2.66. The molecule has 6 heteroatoms. The summed E-state index contributed by atoms with van der Waals surface area (Å²) in [5.74, 6) is -0.936. The van der Waals surface area contributed by atoms with Crippen LogP contribution in [0.5, 0.6) is 0 Å². The van der Waals surface area contributed by atoms with Gasteiger partial charge in [0.25, 0.3) is 5.91 Å². The van der Waals surface area contributed by atoms with Crippen LogP contribution in [0.1, 0.15) is 5.56 Å². The Bertz CT molecular complexity index is 804. The summed E-state index contributed by atoms with van der Waals surface area (Å²) in [7, 11) is 0. The largest absolute Gasteiger partial charge is 0.333 e. The summed E-state index contributed by atoms with van der Waals surface area (Å²) in [6.07, 6.45) is 1.42. The van der Waals surface area contributed by atoms with Gasteiger partial charge in [-0.3, -0.25) is 4.79 Å². The lowest BCUT2D eigenvalue weighted by Gasteiger charge is -2.11. The molecule has 2 aromatic rings. The first-order valence-corrected chi connectivity index (χ1v) is 6.81. The average Bonchev–Trinajstić information content (AvgIpc) is 2.73. The third kappa shape index (κ3) is 2.71. The van der Waals surface area contributed by atoms with E-state index >= 15 is 0 Å². The minimum atomic E-state index is -0.574. The highest BCUT2D eigenvalue weighted by Gasteiger charge is 2.34. The van der Waals surface area contributed by atoms with Crippen LogP contribution in [0.15, 0.2) is 54.2 Å². The monoisotopic (exact) mass is 316 g/mol. The number of rotatable bonds is 2. The summed E-state index contributed by atoms with van der Waals surface area (Å²) in [6, 6.07) is 11.6. The second-order valence-corrected chi connectivity index (χ2v) is 5.10. The van der Waals surface area contributed by atoms with Crippen molar-refractivity contribution < 1.29 is 14.0 Å². The Morgan fingerprint density at radius 2 is 1.86 bits per heavy atom. The van der Waals surface area contributed by atoms with Crippen LogP contribution in [0.3, 0.4) is 0 Å². The second kappa shape index (κ2) is 5.61. The molecule has 3 rings (SSSR count). The normalized spacial score (nSPS) is 16.3. The summed E-state index contributed by atoms with van der Waals surface area (Å²) < 4.78 is 13.2. The molecule has 22 heavy (non-hydrogen) atoms. The van der Waals surface area contributed by atoms with Crippen molar-refractivity contribution in [3.63, 3.8) is 0 Å². The van der Waals surface area contributed by atoms with E-state index in [1.807, 2.05) is 0 Å². The highest BCUT2D eigenvalue weighted by atomic mass is 35.5. The SMILES string of the molecule is O=C1NC(=Cc2cccc(F)c2)C(=O)N1c1cccc(Cl)c1. The molecule has 0 aromatic heterocycles. The summed E-state index contributed by atoms with van der Waals surface area (Å²) in [5, 5.41) is 2.89. The van der Waals surface area contributed by atoms with Crippen LogP contribution in [0.25, 0.3) is 6.08 Å². The van der Waals surface area contributed by atoms with E-state index in [1.54, 1.807) is 24.3 Å². The lowest BCUT2D eigenvalue weighted by Crippen LogP contribution is -2.30. The van der Waals surface area contributed by atoms with E-state index in [0.717, 1.165) is 4.90 Å². The molecule has 0 bridgehead atoms. The van der Waals surface area contributed by atoms with Gasteiger partial charge in [0.05, 0.1) is 5.69 Å². The minimum absolute atomic E-state index is 0.0792. The highest BCUT2D eigenvalue weighted by molar-refractivity contribution is 6.32. The van der Waals surface area contributed by atoms with Gasteiger partial charge in [-0.1, -0.05) is 29.8 Å². The lowest BCUT2D eigenvalue weighted by molar-refractivity contribution is -0.113. The van der Waals surface area contributed by atoms with E-state index < -0.39 is 17.8 Å². The van der Waals surface area contributed by atoms with Gasteiger partial charge in [-0.25, -0.2) is 14.1 Å². The zero-order chi connectivity index (χ0) is 15.7. The van der Waals surface area contributed by atoms with E-state index in [4.69, 9.17) is 11.6 Å². The summed E-state index contributed by atoms with van der Waals surface area (Å²) in [5.41, 5.74) is 0.935. The predicted molar refractivity (Wildman–Crippen MR) is 81.8 cm³/mol. The molecule has 110 valence electrons. The van der Waals surface area contributed by atoms with E-state index in [0.29, 0.717) is 16.3 Å². The number of amides is 3. The molecule has 1 aliphatic heterocycles.